The van der Waals surface area contributed by atoms with E-state index in [0.717, 1.165) is 30.2 Å². The zero-order valence-electron chi connectivity index (χ0n) is 14.1. The number of ether oxygens (including phenoxy) is 2. The number of carbonyl (C=O) groups is 2. The van der Waals surface area contributed by atoms with Gasteiger partial charge in [0, 0.05) is 18.7 Å². The van der Waals surface area contributed by atoms with Gasteiger partial charge in [-0.25, -0.2) is 9.59 Å². The van der Waals surface area contributed by atoms with Gasteiger partial charge in [0.25, 0.3) is 0 Å². The Morgan fingerprint density at radius 1 is 0.920 bits per heavy atom. The molecule has 2 aromatic carbocycles. The Bertz CT molecular complexity index is 689. The van der Waals surface area contributed by atoms with Crippen LogP contribution in [-0.2, 0) is 22.7 Å². The van der Waals surface area contributed by atoms with Gasteiger partial charge >= 0.3 is 11.9 Å². The minimum absolute atomic E-state index is 0.779. The Morgan fingerprint density at radius 2 is 1.60 bits per heavy atom. The summed E-state index contributed by atoms with van der Waals surface area (Å²) >= 11 is 0. The summed E-state index contributed by atoms with van der Waals surface area (Å²) in [5.74, 6) is -1.85. The molecule has 2 aromatic rings. The number of carboxylic acids is 2. The average molecular weight is 347 g/mol. The fraction of sp³-hybridized carbons (Fsp3) is 0.222. The minimum atomic E-state index is -1.82. The van der Waals surface area contributed by atoms with Gasteiger partial charge in [-0.05, 0) is 23.8 Å². The lowest BCUT2D eigenvalue weighted by Gasteiger charge is -2.10. The molecule has 7 nitrogen and oxygen atoms in total. The maximum Gasteiger partial charge on any atom is 0.414 e. The normalized spacial score (nSPS) is 9.52. The van der Waals surface area contributed by atoms with Crippen LogP contribution < -0.4 is 14.8 Å². The van der Waals surface area contributed by atoms with Gasteiger partial charge in [0.1, 0.15) is 11.5 Å². The quantitative estimate of drug-likeness (QED) is 0.688. The molecule has 0 radical (unpaired) electrons. The van der Waals surface area contributed by atoms with Crippen molar-refractivity contribution in [2.24, 2.45) is 0 Å². The average Bonchev–Trinajstić information content (AvgIpc) is 2.62. The number of hydrogen-bond donors (Lipinski definition) is 3. The topological polar surface area (TPSA) is 105 Å². The van der Waals surface area contributed by atoms with Crippen LogP contribution in [0, 0.1) is 0 Å². The molecule has 0 aliphatic rings. The molecular formula is C18H21NO6. The monoisotopic (exact) mass is 347 g/mol. The standard InChI is InChI=1S/C16H19NO2.C2H2O4/c1-18-15-8-5-6-13(10-15)11-17-12-14-7-3-4-9-16(14)19-2;3-1(4)2(5)6/h3-10,17H,11-12H2,1-2H3;(H,3,4)(H,5,6). The molecule has 0 fully saturated rings. The fourth-order valence-corrected chi connectivity index (χ4v) is 1.97. The largest absolute Gasteiger partial charge is 0.497 e. The van der Waals surface area contributed by atoms with Crippen LogP contribution in [0.25, 0.3) is 0 Å². The summed E-state index contributed by atoms with van der Waals surface area (Å²) in [5, 5.41) is 18.2. The molecule has 0 unspecified atom stereocenters. The molecule has 0 spiro atoms. The Balaban J connectivity index is 0.000000450. The summed E-state index contributed by atoms with van der Waals surface area (Å²) in [4.78, 5) is 18.2. The van der Waals surface area contributed by atoms with Crippen LogP contribution in [-0.4, -0.2) is 36.4 Å². The Morgan fingerprint density at radius 3 is 2.20 bits per heavy atom. The molecule has 0 saturated carbocycles. The highest BCUT2D eigenvalue weighted by Crippen LogP contribution is 2.17. The first-order valence-corrected chi connectivity index (χ1v) is 7.39. The van der Waals surface area contributed by atoms with Crippen molar-refractivity contribution in [2.45, 2.75) is 13.1 Å². The molecule has 0 heterocycles. The summed E-state index contributed by atoms with van der Waals surface area (Å²) in [6, 6.07) is 16.1. The second kappa shape index (κ2) is 10.7. The van der Waals surface area contributed by atoms with E-state index >= 15 is 0 Å². The maximum atomic E-state index is 9.10. The number of hydrogen-bond acceptors (Lipinski definition) is 5. The van der Waals surface area contributed by atoms with Gasteiger partial charge in [0.15, 0.2) is 0 Å². The van der Waals surface area contributed by atoms with Crippen LogP contribution in [0.4, 0.5) is 0 Å². The molecule has 0 amide bonds. The number of aliphatic carboxylic acids is 2. The van der Waals surface area contributed by atoms with E-state index in [-0.39, 0.29) is 0 Å². The molecular weight excluding hydrogens is 326 g/mol. The minimum Gasteiger partial charge on any atom is -0.497 e. The van der Waals surface area contributed by atoms with Crippen molar-refractivity contribution in [1.82, 2.24) is 5.32 Å². The molecule has 25 heavy (non-hydrogen) atoms. The highest BCUT2D eigenvalue weighted by molar-refractivity contribution is 6.27. The van der Waals surface area contributed by atoms with Crippen molar-refractivity contribution >= 4 is 11.9 Å². The molecule has 3 N–H and O–H groups in total. The fourth-order valence-electron chi connectivity index (χ4n) is 1.97. The van der Waals surface area contributed by atoms with Crippen LogP contribution in [0.1, 0.15) is 11.1 Å². The molecule has 0 saturated heterocycles. The summed E-state index contributed by atoms with van der Waals surface area (Å²) in [7, 11) is 3.38. The molecule has 134 valence electrons. The highest BCUT2D eigenvalue weighted by Gasteiger charge is 2.04. The number of carboxylic acid groups (broad SMARTS) is 2. The summed E-state index contributed by atoms with van der Waals surface area (Å²) in [5.41, 5.74) is 2.36. The number of rotatable bonds is 6. The van der Waals surface area contributed by atoms with E-state index < -0.39 is 11.9 Å². The van der Waals surface area contributed by atoms with Crippen LogP contribution in [0.3, 0.4) is 0 Å². The Labute approximate surface area is 145 Å². The molecule has 0 bridgehead atoms. The van der Waals surface area contributed by atoms with Gasteiger partial charge in [0.2, 0.25) is 0 Å². The van der Waals surface area contributed by atoms with E-state index in [2.05, 4.69) is 17.4 Å². The number of para-hydroxylation sites is 1. The van der Waals surface area contributed by atoms with Crippen LogP contribution in [0.5, 0.6) is 11.5 Å². The highest BCUT2D eigenvalue weighted by atomic mass is 16.5. The van der Waals surface area contributed by atoms with Crippen LogP contribution in [0.15, 0.2) is 48.5 Å². The van der Waals surface area contributed by atoms with Crippen molar-refractivity contribution in [1.29, 1.82) is 0 Å². The first-order valence-electron chi connectivity index (χ1n) is 7.39. The molecule has 2 rings (SSSR count). The van der Waals surface area contributed by atoms with E-state index in [1.165, 1.54) is 5.56 Å². The second-order valence-electron chi connectivity index (χ2n) is 4.88. The number of benzene rings is 2. The lowest BCUT2D eigenvalue weighted by molar-refractivity contribution is -0.159. The van der Waals surface area contributed by atoms with Crippen LogP contribution in [0.2, 0.25) is 0 Å². The van der Waals surface area contributed by atoms with E-state index in [9.17, 15) is 0 Å². The van der Waals surface area contributed by atoms with Gasteiger partial charge in [-0.1, -0.05) is 30.3 Å². The van der Waals surface area contributed by atoms with E-state index in [0.29, 0.717) is 0 Å². The van der Waals surface area contributed by atoms with Crippen molar-refractivity contribution < 1.29 is 29.3 Å². The predicted octanol–water partition coefficient (Wildman–Crippen LogP) is 2.15. The van der Waals surface area contributed by atoms with Crippen molar-refractivity contribution in [3.63, 3.8) is 0 Å². The van der Waals surface area contributed by atoms with Crippen molar-refractivity contribution in [3.8, 4) is 11.5 Å². The Hall–Kier alpha value is -3.06. The zero-order chi connectivity index (χ0) is 18.7. The van der Waals surface area contributed by atoms with Gasteiger partial charge in [-0.15, -0.1) is 0 Å². The molecule has 7 heteroatoms. The van der Waals surface area contributed by atoms with E-state index in [1.807, 2.05) is 36.4 Å². The number of methoxy groups -OCH3 is 2. The summed E-state index contributed by atoms with van der Waals surface area (Å²) in [6.45, 7) is 1.58. The molecule has 0 aromatic heterocycles. The molecule has 0 aliphatic heterocycles. The predicted molar refractivity (Wildman–Crippen MR) is 91.8 cm³/mol. The Kier molecular flexibility index (Phi) is 8.53. The van der Waals surface area contributed by atoms with E-state index in [4.69, 9.17) is 29.3 Å². The van der Waals surface area contributed by atoms with Crippen LogP contribution >= 0.6 is 0 Å². The van der Waals surface area contributed by atoms with Gasteiger partial charge in [0.05, 0.1) is 14.2 Å². The summed E-state index contributed by atoms with van der Waals surface area (Å²) in [6.07, 6.45) is 0. The summed E-state index contributed by atoms with van der Waals surface area (Å²) < 4.78 is 10.5. The smallest absolute Gasteiger partial charge is 0.414 e. The van der Waals surface area contributed by atoms with Crippen molar-refractivity contribution in [2.75, 3.05) is 14.2 Å². The van der Waals surface area contributed by atoms with Crippen molar-refractivity contribution in [3.05, 3.63) is 59.7 Å². The van der Waals surface area contributed by atoms with E-state index in [1.54, 1.807) is 14.2 Å². The maximum absolute atomic E-state index is 9.10. The molecule has 0 aliphatic carbocycles. The third-order valence-electron chi connectivity index (χ3n) is 3.15. The zero-order valence-corrected chi connectivity index (χ0v) is 14.1. The molecule has 0 atom stereocenters. The SMILES string of the molecule is COc1cccc(CNCc2ccccc2OC)c1.O=C(O)C(=O)O. The first-order chi connectivity index (χ1) is 12.0. The third-order valence-corrected chi connectivity index (χ3v) is 3.15. The van der Waals surface area contributed by atoms with Gasteiger partial charge in [-0.2, -0.15) is 0 Å². The lowest BCUT2D eigenvalue weighted by atomic mass is 10.2. The number of nitrogens with one attached hydrogen (secondary N) is 1. The lowest BCUT2D eigenvalue weighted by Crippen LogP contribution is -2.13. The third kappa shape index (κ3) is 7.36. The van der Waals surface area contributed by atoms with Gasteiger partial charge in [-0.3, -0.25) is 0 Å². The first kappa shape index (κ1) is 20.0. The second-order valence-corrected chi connectivity index (χ2v) is 4.88. The van der Waals surface area contributed by atoms with Gasteiger partial charge < -0.3 is 25.0 Å².